The number of carbonyl (C=O) groups excluding carboxylic acids is 1. The second-order valence-electron chi connectivity index (χ2n) is 4.56. The van der Waals surface area contributed by atoms with Crippen LogP contribution >= 0.6 is 35.0 Å². The molecule has 0 saturated carbocycles. The van der Waals surface area contributed by atoms with Crippen LogP contribution in [-0.4, -0.2) is 18.3 Å². The number of carbonyl (C=O) groups is 1. The minimum Gasteiger partial charge on any atom is -0.479 e. The highest BCUT2D eigenvalue weighted by Gasteiger charge is 2.16. The molecule has 6 heteroatoms. The average Bonchev–Trinajstić information content (AvgIpc) is 2.50. The van der Waals surface area contributed by atoms with Gasteiger partial charge in [-0.25, -0.2) is 0 Å². The van der Waals surface area contributed by atoms with E-state index in [1.807, 2.05) is 30.5 Å². The van der Waals surface area contributed by atoms with Gasteiger partial charge < -0.3 is 10.1 Å². The third kappa shape index (κ3) is 4.57. The second-order valence-corrected chi connectivity index (χ2v) is 6.28. The van der Waals surface area contributed by atoms with Crippen LogP contribution < -0.4 is 10.1 Å². The van der Waals surface area contributed by atoms with Gasteiger partial charge in [-0.1, -0.05) is 29.3 Å². The minimum absolute atomic E-state index is 0.246. The van der Waals surface area contributed by atoms with Crippen molar-refractivity contribution in [3.05, 3.63) is 52.5 Å². The van der Waals surface area contributed by atoms with Crippen molar-refractivity contribution in [2.75, 3.05) is 11.6 Å². The zero-order valence-corrected chi connectivity index (χ0v) is 14.4. The molecule has 1 N–H and O–H groups in total. The van der Waals surface area contributed by atoms with Gasteiger partial charge in [-0.2, -0.15) is 0 Å². The van der Waals surface area contributed by atoms with E-state index < -0.39 is 6.10 Å². The first kappa shape index (κ1) is 17.0. The predicted octanol–water partition coefficient (Wildman–Crippen LogP) is 5.12. The topological polar surface area (TPSA) is 38.3 Å². The molecule has 2 aromatic rings. The molecule has 0 radical (unpaired) electrons. The highest BCUT2D eigenvalue weighted by molar-refractivity contribution is 7.98. The Balaban J connectivity index is 2.02. The van der Waals surface area contributed by atoms with Gasteiger partial charge in [-0.3, -0.25) is 4.79 Å². The number of amides is 1. The molecule has 1 atom stereocenters. The lowest BCUT2D eigenvalue weighted by Crippen LogP contribution is -2.30. The standard InChI is InChI=1S/C16H15Cl2NO2S/c1-10(21-15-7-6-11(17)8-14(15)18)16(20)19-12-4-3-5-13(9-12)22-2/h3-10H,1-2H3,(H,19,20)/t10-/m0/s1. The molecule has 0 fully saturated rings. The average molecular weight is 356 g/mol. The summed E-state index contributed by atoms with van der Waals surface area (Å²) in [4.78, 5) is 13.3. The van der Waals surface area contributed by atoms with Gasteiger partial charge in [0, 0.05) is 15.6 Å². The van der Waals surface area contributed by atoms with Crippen molar-refractivity contribution in [3.63, 3.8) is 0 Å². The Morgan fingerprint density at radius 3 is 2.68 bits per heavy atom. The van der Waals surface area contributed by atoms with Crippen molar-refractivity contribution >= 4 is 46.6 Å². The molecule has 0 aliphatic carbocycles. The lowest BCUT2D eigenvalue weighted by Gasteiger charge is -2.16. The summed E-state index contributed by atoms with van der Waals surface area (Å²) in [5.74, 6) is 0.177. The molecule has 0 aromatic heterocycles. The van der Waals surface area contributed by atoms with E-state index in [9.17, 15) is 4.79 Å². The number of hydrogen-bond acceptors (Lipinski definition) is 3. The summed E-state index contributed by atoms with van der Waals surface area (Å²) in [7, 11) is 0. The number of ether oxygens (including phenoxy) is 1. The third-order valence-corrected chi connectivity index (χ3v) is 4.16. The Bertz CT molecular complexity index is 679. The van der Waals surface area contributed by atoms with Gasteiger partial charge in [-0.15, -0.1) is 11.8 Å². The van der Waals surface area contributed by atoms with E-state index in [0.29, 0.717) is 15.8 Å². The molecule has 0 heterocycles. The van der Waals surface area contributed by atoms with Crippen molar-refractivity contribution in [3.8, 4) is 5.75 Å². The Labute approximate surface area is 144 Å². The summed E-state index contributed by atoms with van der Waals surface area (Å²) in [5, 5.41) is 3.71. The number of benzene rings is 2. The second kappa shape index (κ2) is 7.77. The highest BCUT2D eigenvalue weighted by atomic mass is 35.5. The molecular weight excluding hydrogens is 341 g/mol. The van der Waals surface area contributed by atoms with Crippen LogP contribution in [0.1, 0.15) is 6.92 Å². The number of nitrogens with one attached hydrogen (secondary N) is 1. The summed E-state index contributed by atoms with van der Waals surface area (Å²) >= 11 is 13.5. The first-order chi connectivity index (χ1) is 10.5. The fraction of sp³-hybridized carbons (Fsp3) is 0.188. The van der Waals surface area contributed by atoms with Crippen molar-refractivity contribution < 1.29 is 9.53 Å². The van der Waals surface area contributed by atoms with Crippen LogP contribution in [-0.2, 0) is 4.79 Å². The monoisotopic (exact) mass is 355 g/mol. The molecule has 3 nitrogen and oxygen atoms in total. The lowest BCUT2D eigenvalue weighted by atomic mass is 10.3. The SMILES string of the molecule is CSc1cccc(NC(=O)[C@H](C)Oc2ccc(Cl)cc2Cl)c1. The molecule has 22 heavy (non-hydrogen) atoms. The van der Waals surface area contributed by atoms with Gasteiger partial charge in [0.1, 0.15) is 5.75 Å². The van der Waals surface area contributed by atoms with Crippen LogP contribution in [0.4, 0.5) is 5.69 Å². The van der Waals surface area contributed by atoms with Crippen molar-refractivity contribution in [2.24, 2.45) is 0 Å². The molecule has 0 aliphatic heterocycles. The number of rotatable bonds is 5. The molecule has 116 valence electrons. The molecule has 2 aromatic carbocycles. The third-order valence-electron chi connectivity index (χ3n) is 2.90. The first-order valence-electron chi connectivity index (χ1n) is 6.56. The van der Waals surface area contributed by atoms with Crippen LogP contribution in [0.3, 0.4) is 0 Å². The molecule has 0 aliphatic rings. The number of halogens is 2. The normalized spacial score (nSPS) is 11.8. The largest absolute Gasteiger partial charge is 0.479 e. The Morgan fingerprint density at radius 2 is 2.00 bits per heavy atom. The summed E-state index contributed by atoms with van der Waals surface area (Å²) < 4.78 is 5.58. The highest BCUT2D eigenvalue weighted by Crippen LogP contribution is 2.28. The zero-order chi connectivity index (χ0) is 16.1. The molecule has 0 unspecified atom stereocenters. The van der Waals surface area contributed by atoms with Crippen LogP contribution in [0, 0.1) is 0 Å². The summed E-state index contributed by atoms with van der Waals surface area (Å²) in [6, 6.07) is 12.5. The maximum absolute atomic E-state index is 12.2. The number of thioether (sulfide) groups is 1. The van der Waals surface area contributed by atoms with Gasteiger partial charge in [-0.05, 0) is 49.6 Å². The molecule has 1 amide bonds. The van der Waals surface area contributed by atoms with Crippen molar-refractivity contribution in [1.82, 2.24) is 0 Å². The van der Waals surface area contributed by atoms with Gasteiger partial charge >= 0.3 is 0 Å². The molecule has 0 bridgehead atoms. The fourth-order valence-electron chi connectivity index (χ4n) is 1.76. The summed E-state index contributed by atoms with van der Waals surface area (Å²) in [6.07, 6.45) is 1.30. The summed E-state index contributed by atoms with van der Waals surface area (Å²) in [5.41, 5.74) is 0.731. The minimum atomic E-state index is -0.684. The van der Waals surface area contributed by atoms with Gasteiger partial charge in [0.15, 0.2) is 6.10 Å². The van der Waals surface area contributed by atoms with Gasteiger partial charge in [0.05, 0.1) is 5.02 Å². The first-order valence-corrected chi connectivity index (χ1v) is 8.54. The number of anilines is 1. The van der Waals surface area contributed by atoms with Gasteiger partial charge in [0.2, 0.25) is 0 Å². The molecule has 2 rings (SSSR count). The number of hydrogen-bond donors (Lipinski definition) is 1. The van der Waals surface area contributed by atoms with Crippen LogP contribution in [0.2, 0.25) is 10.0 Å². The molecule has 0 saturated heterocycles. The van der Waals surface area contributed by atoms with Crippen LogP contribution in [0.15, 0.2) is 47.4 Å². The van der Waals surface area contributed by atoms with Crippen LogP contribution in [0.25, 0.3) is 0 Å². The quantitative estimate of drug-likeness (QED) is 0.756. The van der Waals surface area contributed by atoms with Gasteiger partial charge in [0.25, 0.3) is 5.91 Å². The van der Waals surface area contributed by atoms with E-state index in [4.69, 9.17) is 27.9 Å². The maximum atomic E-state index is 12.2. The van der Waals surface area contributed by atoms with E-state index in [1.54, 1.807) is 36.9 Å². The lowest BCUT2D eigenvalue weighted by molar-refractivity contribution is -0.122. The zero-order valence-electron chi connectivity index (χ0n) is 12.1. The van der Waals surface area contributed by atoms with Crippen LogP contribution in [0.5, 0.6) is 5.75 Å². The van der Waals surface area contributed by atoms with E-state index in [2.05, 4.69) is 5.32 Å². The predicted molar refractivity (Wildman–Crippen MR) is 93.4 cm³/mol. The Morgan fingerprint density at radius 1 is 1.23 bits per heavy atom. The fourth-order valence-corrected chi connectivity index (χ4v) is 2.67. The van der Waals surface area contributed by atoms with E-state index in [-0.39, 0.29) is 5.91 Å². The van der Waals surface area contributed by atoms with E-state index >= 15 is 0 Å². The van der Waals surface area contributed by atoms with Crippen molar-refractivity contribution in [1.29, 1.82) is 0 Å². The maximum Gasteiger partial charge on any atom is 0.265 e. The Hall–Kier alpha value is -1.36. The Kier molecular flexibility index (Phi) is 6.00. The van der Waals surface area contributed by atoms with E-state index in [1.165, 1.54) is 0 Å². The smallest absolute Gasteiger partial charge is 0.265 e. The molecule has 0 spiro atoms. The van der Waals surface area contributed by atoms with E-state index in [0.717, 1.165) is 10.6 Å². The van der Waals surface area contributed by atoms with Crippen molar-refractivity contribution in [2.45, 2.75) is 17.9 Å². The molecular formula is C16H15Cl2NO2S. The summed E-state index contributed by atoms with van der Waals surface area (Å²) in [6.45, 7) is 1.67.